The first-order valence-electron chi connectivity index (χ1n) is 11.8. The third-order valence-electron chi connectivity index (χ3n) is 6.76. The second-order valence-corrected chi connectivity index (χ2v) is 9.68. The van der Waals surface area contributed by atoms with Gasteiger partial charge in [0.1, 0.15) is 0 Å². The van der Waals surface area contributed by atoms with E-state index in [1.807, 2.05) is 31.2 Å². The van der Waals surface area contributed by atoms with Crippen LogP contribution >= 0.6 is 11.6 Å². The van der Waals surface area contributed by atoms with Gasteiger partial charge in [-0.3, -0.25) is 14.3 Å². The fraction of sp³-hybridized carbons (Fsp3) is 0.346. The van der Waals surface area contributed by atoms with E-state index in [4.69, 9.17) is 11.6 Å². The molecule has 1 fully saturated rings. The molecule has 4 aromatic rings. The van der Waals surface area contributed by atoms with Gasteiger partial charge in [0.05, 0.1) is 22.0 Å². The molecule has 3 aromatic heterocycles. The van der Waals surface area contributed by atoms with Crippen LogP contribution in [-0.4, -0.2) is 36.0 Å². The Morgan fingerprint density at radius 1 is 1.03 bits per heavy atom. The van der Waals surface area contributed by atoms with E-state index in [0.717, 1.165) is 36.9 Å². The van der Waals surface area contributed by atoms with Gasteiger partial charge in [-0.1, -0.05) is 29.3 Å². The summed E-state index contributed by atoms with van der Waals surface area (Å²) in [5.41, 5.74) is 4.10. The summed E-state index contributed by atoms with van der Waals surface area (Å²) < 4.78 is 3.38. The van der Waals surface area contributed by atoms with Gasteiger partial charge in [0.25, 0.3) is 5.91 Å². The minimum Gasteiger partial charge on any atom is -0.349 e. The molecule has 3 heterocycles. The Balaban J connectivity index is 1.30. The Hall–Kier alpha value is -3.52. The van der Waals surface area contributed by atoms with Crippen LogP contribution in [-0.2, 0) is 6.54 Å². The third kappa shape index (κ3) is 4.71. The number of halogens is 1. The average molecular weight is 491 g/mol. The molecule has 1 amide bonds. The zero-order valence-corrected chi connectivity index (χ0v) is 20.5. The number of benzene rings is 1. The Bertz CT molecular complexity index is 1430. The minimum absolute atomic E-state index is 0.0857. The van der Waals surface area contributed by atoms with Crippen molar-refractivity contribution < 1.29 is 4.79 Å². The summed E-state index contributed by atoms with van der Waals surface area (Å²) in [6.45, 7) is 4.39. The van der Waals surface area contributed by atoms with Crippen molar-refractivity contribution >= 4 is 28.8 Å². The molecule has 8 nitrogen and oxygen atoms in total. The lowest BCUT2D eigenvalue weighted by molar-refractivity contribution is 0.0919. The molecule has 180 valence electrons. The predicted octanol–water partition coefficient (Wildman–Crippen LogP) is 4.24. The molecule has 0 saturated heterocycles. The number of hydrogen-bond donors (Lipinski definition) is 1. The maximum atomic E-state index is 13.4. The van der Waals surface area contributed by atoms with Gasteiger partial charge in [0, 0.05) is 31.2 Å². The van der Waals surface area contributed by atoms with Crippen LogP contribution in [0.5, 0.6) is 0 Å². The zero-order valence-electron chi connectivity index (χ0n) is 19.7. The normalized spacial score (nSPS) is 18.0. The van der Waals surface area contributed by atoms with Crippen molar-refractivity contribution in [1.29, 1.82) is 0 Å². The van der Waals surface area contributed by atoms with Crippen molar-refractivity contribution in [2.45, 2.75) is 52.1 Å². The molecule has 0 radical (unpaired) electrons. The van der Waals surface area contributed by atoms with E-state index in [1.54, 1.807) is 40.7 Å². The van der Waals surface area contributed by atoms with Crippen LogP contribution in [0.4, 0.5) is 0 Å². The van der Waals surface area contributed by atoms with Crippen LogP contribution in [0.3, 0.4) is 0 Å². The Labute approximate surface area is 208 Å². The first kappa shape index (κ1) is 23.2. The van der Waals surface area contributed by atoms with Gasteiger partial charge in [0.15, 0.2) is 11.3 Å². The Morgan fingerprint density at radius 3 is 2.43 bits per heavy atom. The molecule has 5 rings (SSSR count). The van der Waals surface area contributed by atoms with Crippen molar-refractivity contribution in [2.24, 2.45) is 5.92 Å². The van der Waals surface area contributed by atoms with Crippen molar-refractivity contribution in [3.63, 3.8) is 0 Å². The fourth-order valence-corrected chi connectivity index (χ4v) is 4.97. The van der Waals surface area contributed by atoms with Crippen LogP contribution in [0, 0.1) is 19.8 Å². The Kier molecular flexibility index (Phi) is 6.38. The summed E-state index contributed by atoms with van der Waals surface area (Å²) in [5, 5.41) is 3.57. The van der Waals surface area contributed by atoms with Crippen molar-refractivity contribution in [3.05, 3.63) is 81.3 Å². The van der Waals surface area contributed by atoms with Crippen LogP contribution in [0.1, 0.15) is 47.3 Å². The maximum Gasteiger partial charge on any atom is 0.336 e. The molecule has 1 N–H and O–H groups in total. The average Bonchev–Trinajstić information content (AvgIpc) is 3.13. The predicted molar refractivity (Wildman–Crippen MR) is 135 cm³/mol. The standard InChI is InChI=1S/C26H27ClN6O2/c1-16-3-9-21(10-4-16)33-24-23(28-11-12-29-24)32(26(33)35)15-18-5-7-20(8-6-18)31-25(34)22-13-19(27)14-30-17(22)2/h3-4,9-14,18,20H,5-8,15H2,1-2H3,(H,31,34). The number of amides is 1. The largest absolute Gasteiger partial charge is 0.349 e. The number of aromatic nitrogens is 5. The topological polar surface area (TPSA) is 94.7 Å². The molecular weight excluding hydrogens is 464 g/mol. The molecule has 1 aliphatic rings. The lowest BCUT2D eigenvalue weighted by atomic mass is 9.86. The number of pyridine rings is 1. The molecule has 1 aromatic carbocycles. The van der Waals surface area contributed by atoms with Crippen molar-refractivity contribution in [2.75, 3.05) is 0 Å². The number of aryl methyl sites for hydroxylation is 2. The van der Waals surface area contributed by atoms with E-state index in [1.165, 1.54) is 0 Å². The second kappa shape index (κ2) is 9.62. The first-order valence-corrected chi connectivity index (χ1v) is 12.2. The molecule has 0 unspecified atom stereocenters. The highest BCUT2D eigenvalue weighted by atomic mass is 35.5. The number of carbonyl (C=O) groups is 1. The number of imidazole rings is 1. The van der Waals surface area contributed by atoms with Crippen LogP contribution in [0.25, 0.3) is 17.0 Å². The first-order chi connectivity index (χ1) is 16.9. The summed E-state index contributed by atoms with van der Waals surface area (Å²) in [5.74, 6) is 0.170. The van der Waals surface area contributed by atoms with E-state index in [9.17, 15) is 9.59 Å². The molecule has 1 aliphatic carbocycles. The number of fused-ring (bicyclic) bond motifs is 1. The smallest absolute Gasteiger partial charge is 0.336 e. The quantitative estimate of drug-likeness (QED) is 0.451. The molecule has 35 heavy (non-hydrogen) atoms. The highest BCUT2D eigenvalue weighted by Crippen LogP contribution is 2.27. The summed E-state index contributed by atoms with van der Waals surface area (Å²) in [6.07, 6.45) is 8.28. The summed E-state index contributed by atoms with van der Waals surface area (Å²) in [4.78, 5) is 39.3. The van der Waals surface area contributed by atoms with Gasteiger partial charge in [-0.15, -0.1) is 0 Å². The van der Waals surface area contributed by atoms with Gasteiger partial charge in [0.2, 0.25) is 0 Å². The lowest BCUT2D eigenvalue weighted by Crippen LogP contribution is -2.39. The van der Waals surface area contributed by atoms with Gasteiger partial charge in [-0.05, 0) is 63.6 Å². The summed E-state index contributed by atoms with van der Waals surface area (Å²) >= 11 is 6.02. The third-order valence-corrected chi connectivity index (χ3v) is 6.97. The van der Waals surface area contributed by atoms with Crippen LogP contribution in [0.2, 0.25) is 5.02 Å². The SMILES string of the molecule is Cc1ccc(-n2c(=O)n(CC3CCC(NC(=O)c4cc(Cl)cnc4C)CC3)c3nccnc32)cc1. The van der Waals surface area contributed by atoms with E-state index in [0.29, 0.717) is 40.0 Å². The summed E-state index contributed by atoms with van der Waals surface area (Å²) in [7, 11) is 0. The van der Waals surface area contributed by atoms with Gasteiger partial charge in [-0.25, -0.2) is 19.3 Å². The van der Waals surface area contributed by atoms with E-state index in [2.05, 4.69) is 20.3 Å². The number of hydrogen-bond acceptors (Lipinski definition) is 5. The molecule has 0 atom stereocenters. The highest BCUT2D eigenvalue weighted by molar-refractivity contribution is 6.30. The lowest BCUT2D eigenvalue weighted by Gasteiger charge is -2.29. The molecule has 0 bridgehead atoms. The maximum absolute atomic E-state index is 13.4. The highest BCUT2D eigenvalue weighted by Gasteiger charge is 2.26. The van der Waals surface area contributed by atoms with Crippen LogP contribution < -0.4 is 11.0 Å². The monoisotopic (exact) mass is 490 g/mol. The number of nitrogens with zero attached hydrogens (tertiary/aromatic N) is 5. The molecule has 0 aliphatic heterocycles. The summed E-state index contributed by atoms with van der Waals surface area (Å²) in [6, 6.07) is 9.57. The zero-order chi connectivity index (χ0) is 24.5. The minimum atomic E-state index is -0.145. The Morgan fingerprint density at radius 2 is 1.71 bits per heavy atom. The van der Waals surface area contributed by atoms with Crippen LogP contribution in [0.15, 0.2) is 53.7 Å². The number of carbonyl (C=O) groups excluding carboxylic acids is 1. The second-order valence-electron chi connectivity index (χ2n) is 9.25. The van der Waals surface area contributed by atoms with Crippen molar-refractivity contribution in [1.82, 2.24) is 29.4 Å². The van der Waals surface area contributed by atoms with Gasteiger partial charge < -0.3 is 5.32 Å². The van der Waals surface area contributed by atoms with Gasteiger partial charge in [-0.2, -0.15) is 0 Å². The molecule has 0 spiro atoms. The van der Waals surface area contributed by atoms with E-state index < -0.39 is 0 Å². The van der Waals surface area contributed by atoms with Crippen molar-refractivity contribution in [3.8, 4) is 5.69 Å². The van der Waals surface area contributed by atoms with E-state index >= 15 is 0 Å². The van der Waals surface area contributed by atoms with E-state index in [-0.39, 0.29) is 17.6 Å². The van der Waals surface area contributed by atoms with Gasteiger partial charge >= 0.3 is 5.69 Å². The molecular formula is C26H27ClN6O2. The number of rotatable bonds is 5. The molecule has 9 heteroatoms. The molecule has 1 saturated carbocycles. The number of nitrogens with one attached hydrogen (secondary N) is 1. The fourth-order valence-electron chi connectivity index (χ4n) is 4.81.